The maximum absolute atomic E-state index is 14.3. The first-order valence-electron chi connectivity index (χ1n) is 34.1. The molecule has 0 fully saturated rings. The third-order valence-electron chi connectivity index (χ3n) is 21.0. The van der Waals surface area contributed by atoms with E-state index in [9.17, 15) is 12.8 Å². The summed E-state index contributed by atoms with van der Waals surface area (Å²) < 4.78 is 43.3. The smallest absolute Gasteiger partial charge is 0.263 e. The first-order valence-corrected chi connectivity index (χ1v) is 35.9. The van der Waals surface area contributed by atoms with Crippen LogP contribution in [0.4, 0.5) is 10.1 Å². The number of hydrogen-bond acceptors (Lipinski definition) is 2. The van der Waals surface area contributed by atoms with Crippen molar-refractivity contribution in [1.29, 1.82) is 0 Å². The van der Waals surface area contributed by atoms with Gasteiger partial charge in [-0.2, -0.15) is 0 Å². The van der Waals surface area contributed by atoms with Crippen molar-refractivity contribution in [2.24, 2.45) is 0 Å². The van der Waals surface area contributed by atoms with Gasteiger partial charge in [-0.25, -0.2) is 12.8 Å². The molecule has 0 aromatic heterocycles. The molecular weight excluding hydrogens is 1210 g/mol. The van der Waals surface area contributed by atoms with Crippen LogP contribution in [-0.4, -0.2) is 524 Å². The van der Waals surface area contributed by atoms with Gasteiger partial charge in [-0.1, -0.05) is 53.1 Å². The van der Waals surface area contributed by atoms with Crippen molar-refractivity contribution in [1.82, 2.24) is 0 Å². The second-order valence-corrected chi connectivity index (χ2v) is 30.7. The molecule has 378 valence electrons. The highest BCUT2D eigenvalue weighted by molar-refractivity contribution is 8.40. The maximum atomic E-state index is 14.3. The predicted octanol–water partition coefficient (Wildman–Crippen LogP) is -21.2. The number of halogens is 2. The Labute approximate surface area is 691 Å². The van der Waals surface area contributed by atoms with Crippen molar-refractivity contribution in [3.63, 3.8) is 0 Å². The maximum Gasteiger partial charge on any atom is 0.264 e. The van der Waals surface area contributed by atoms with Crippen LogP contribution in [0.2, 0.25) is 5.02 Å². The van der Waals surface area contributed by atoms with Crippen molar-refractivity contribution in [2.45, 2.75) is 50.5 Å². The molecule has 0 spiro atoms. The fourth-order valence-corrected chi connectivity index (χ4v) is 18.7. The minimum Gasteiger partial charge on any atom is -0.263 e. The molecule has 3 nitrogen and oxygen atoms in total. The normalized spacial score (nSPS) is 11.7. The van der Waals surface area contributed by atoms with Gasteiger partial charge in [0.2, 0.25) is 0 Å². The Morgan fingerprint density at radius 3 is 0.903 bits per heavy atom. The van der Waals surface area contributed by atoms with E-state index in [1.807, 2.05) is 38.1 Å². The van der Waals surface area contributed by atoms with Crippen LogP contribution in [-0.2, 0) is 22.9 Å². The minimum atomic E-state index is -3.76. The van der Waals surface area contributed by atoms with Gasteiger partial charge in [-0.3, -0.25) is 4.31 Å². The third kappa shape index (κ3) is 26.2. The summed E-state index contributed by atoms with van der Waals surface area (Å²) >= 11 is 5.87. The Bertz CT molecular complexity index is 2890. The Balaban J connectivity index is 0.000000725. The summed E-state index contributed by atoms with van der Waals surface area (Å²) in [6, 6.07) is 17.2. The largest absolute Gasteiger partial charge is 0.264 e. The summed E-state index contributed by atoms with van der Waals surface area (Å²) in [4.78, 5) is 0.272. The average Bonchev–Trinajstić information content (AvgIpc) is 0.721. The minimum absolute atomic E-state index is 0.253. The highest BCUT2D eigenvalue weighted by Gasteiger charge is 2.65. The quantitative estimate of drug-likeness (QED) is 0.0534. The van der Waals surface area contributed by atoms with Gasteiger partial charge in [0.05, 0.1) is 10.6 Å². The summed E-state index contributed by atoms with van der Waals surface area (Å²) in [6.07, 6.45) is -53.0. The molecule has 0 amide bonds. The second-order valence-electron chi connectivity index (χ2n) is 28.4. The lowest BCUT2D eigenvalue weighted by atomic mass is 8.21. The van der Waals surface area contributed by atoms with Gasteiger partial charge in [-0.15, -0.1) is 0 Å². The number of hydrogen-bond donors (Lipinski definition) is 0. The van der Waals surface area contributed by atoms with Crippen LogP contribution in [0.1, 0.15) is 35.1 Å². The number of nitrogens with zero attached hydrogens (tertiary/aromatic N) is 1. The molecule has 3 aromatic rings. The fraction of sp³-hybridized carbons (Fsp3) is 0.280. The Morgan fingerprint density at radius 1 is 0.359 bits per heavy atom. The van der Waals surface area contributed by atoms with Gasteiger partial charge >= 0.3 is 0 Å². The molecule has 1 unspecified atom stereocenters. The number of sulfonamides is 1. The summed E-state index contributed by atoms with van der Waals surface area (Å²) in [5.41, 5.74) is 4.41. The zero-order chi connectivity index (χ0) is 79.4. The van der Waals surface area contributed by atoms with Gasteiger partial charge in [-0.05, 0) is 81.0 Å². The summed E-state index contributed by atoms with van der Waals surface area (Å²) in [7, 11) is 246. The van der Waals surface area contributed by atoms with E-state index in [-0.39, 0.29) is 16.8 Å². The number of anilines is 1. The highest BCUT2D eigenvalue weighted by atomic mass is 35.5. The molecule has 0 saturated carbocycles. The van der Waals surface area contributed by atoms with E-state index in [0.29, 0.717) is 29.8 Å². The number of benzene rings is 3. The third-order valence-corrected chi connectivity index (χ3v) is 23.1. The molecular formula is C25H25B72ClFNO2S. The van der Waals surface area contributed by atoms with Crippen molar-refractivity contribution in [3.05, 3.63) is 93.8 Å². The van der Waals surface area contributed by atoms with Crippen molar-refractivity contribution in [2.75, 3.05) is 4.31 Å². The molecule has 103 heavy (non-hydrogen) atoms. The van der Waals surface area contributed by atoms with E-state index in [2.05, 4.69) is 6.07 Å². The van der Waals surface area contributed by atoms with Crippen LogP contribution in [0.5, 0.6) is 0 Å². The van der Waals surface area contributed by atoms with Gasteiger partial charge in [0, 0.05) is 521 Å². The van der Waals surface area contributed by atoms with Crippen LogP contribution < -0.4 is 4.31 Å². The van der Waals surface area contributed by atoms with Gasteiger partial charge in [0.1, 0.15) is 5.82 Å². The highest BCUT2D eigenvalue weighted by Crippen LogP contribution is 2.38. The van der Waals surface area contributed by atoms with E-state index >= 15 is 0 Å². The van der Waals surface area contributed by atoms with Crippen LogP contribution in [0.3, 0.4) is 0 Å². The zero-order valence-corrected chi connectivity index (χ0v) is 60.7. The molecule has 3 aromatic carbocycles. The SMILES string of the molecule is Cc1ccc(S(=O)(=O)N2c3ccc(C)cc3CCC2CCc2ccc(Cl)cc2F)cc1.[B]B([B])B([B])B(B([B])[B])B(B(B(B([B])[B])B([B])[B])B(B([B])[B])B([B])[B])B(B(B(B([B])[B])B([B])[B])B(B([B])[B])B([B])[B])B(B(B(B([B])[B])B([B])[B])B(B([B])[B])B([B])[B])B(B(B([B])[B])B([B])[B])B(B([B])[B])B([B])[B]. The fourth-order valence-electron chi connectivity index (χ4n) is 16.8. The standard InChI is InChI=1S/C25H25ClFNO2S.B72/c1-17-3-12-23(13-4-17)31(29,30)28-22(10-7-19-6-9-21(26)16-24(19)27)11-8-20-15-18(2)5-14-25(20)28;1-38(2)56(37)65(55(35)36)70(66(57(39(3)4)40(5)6)58(41(7)8)42(9)10)72(69(63(51(27)28)52(29)30)64(53(31)32)54(33)34)71(67(59(43(11)12)44(13)14)60(45(15)16)46(17)18)68(61(47(19)20)48(21)22)62(49(23)24)50(25)26/h3-6,9,12-16,22H,7-8,10-11H2,1-2H3;. The summed E-state index contributed by atoms with van der Waals surface area (Å²) in [5, 5.41) is 0.354. The second kappa shape index (κ2) is 45.0. The summed E-state index contributed by atoms with van der Waals surface area (Å²) in [5.74, 6) is -0.354. The topological polar surface area (TPSA) is 37.4 Å². The number of rotatable bonds is 39. The molecule has 0 saturated heterocycles. The molecule has 74 radical (unpaired) electrons. The van der Waals surface area contributed by atoms with Crippen LogP contribution in [0.25, 0.3) is 0 Å². The zero-order valence-electron chi connectivity index (χ0n) is 59.2. The lowest BCUT2D eigenvalue weighted by Gasteiger charge is -2.60. The number of fused-ring (bicyclic) bond motifs is 1. The van der Waals surface area contributed by atoms with E-state index in [1.54, 1.807) is 28.6 Å². The molecule has 78 heteroatoms. The number of aryl methyl sites for hydroxylation is 4. The Morgan fingerprint density at radius 2 is 0.631 bits per heavy atom. The van der Waals surface area contributed by atoms with E-state index in [4.69, 9.17) is 298 Å². The first-order chi connectivity index (χ1) is 47.4. The van der Waals surface area contributed by atoms with Crippen LogP contribution in [0.15, 0.2) is 65.6 Å². The van der Waals surface area contributed by atoms with E-state index in [0.717, 1.165) is 28.8 Å². The molecule has 1 atom stereocenters. The van der Waals surface area contributed by atoms with E-state index in [1.165, 1.54) is 6.07 Å². The lowest BCUT2D eigenvalue weighted by Crippen LogP contribution is -2.98. The van der Waals surface area contributed by atoms with Crippen LogP contribution in [0, 0.1) is 19.7 Å². The van der Waals surface area contributed by atoms with Gasteiger partial charge in [0.25, 0.3) is 10.0 Å². The van der Waals surface area contributed by atoms with Crippen LogP contribution >= 0.6 is 11.6 Å². The van der Waals surface area contributed by atoms with E-state index < -0.39 is 234 Å². The lowest BCUT2D eigenvalue weighted by molar-refractivity contribution is 0.517. The van der Waals surface area contributed by atoms with Crippen molar-refractivity contribution in [3.8, 4) is 0 Å². The Kier molecular flexibility index (Phi) is 43.5. The average molecular weight is 1240 g/mol. The van der Waals surface area contributed by atoms with Gasteiger partial charge < -0.3 is 0 Å². The molecule has 0 aliphatic carbocycles. The monoisotopic (exact) mass is 1250 g/mol. The first kappa shape index (κ1) is 99.5. The Hall–Kier alpha value is 2.31. The molecule has 0 N–H and O–H groups in total. The van der Waals surface area contributed by atoms with Crippen molar-refractivity contribution >= 4 is 537 Å². The van der Waals surface area contributed by atoms with Crippen molar-refractivity contribution < 1.29 is 12.8 Å². The molecule has 0 bridgehead atoms. The van der Waals surface area contributed by atoms with Gasteiger partial charge in [0.15, 0.2) is 0 Å². The molecule has 1 aliphatic rings. The summed E-state index contributed by atoms with van der Waals surface area (Å²) in [6.45, 7) is 3.94. The predicted molar refractivity (Wildman–Crippen MR) is 538 cm³/mol. The molecule has 1 aliphatic heterocycles. The molecule has 4 rings (SSSR count). The molecule has 1 heterocycles.